The average Bonchev–Trinajstić information content (AvgIpc) is 3.38. The van der Waals surface area contributed by atoms with Crippen molar-refractivity contribution in [1.82, 2.24) is 0 Å². The molecule has 2 amide bonds. The number of ether oxygens (including phenoxy) is 1. The van der Waals surface area contributed by atoms with Crippen LogP contribution in [0.25, 0.3) is 0 Å². The summed E-state index contributed by atoms with van der Waals surface area (Å²) < 4.78 is 5.15. The molecule has 1 aliphatic carbocycles. The van der Waals surface area contributed by atoms with E-state index in [1.807, 2.05) is 47.4 Å². The molecule has 5 nitrogen and oxygen atoms in total. The molecule has 1 heterocycles. The van der Waals surface area contributed by atoms with Crippen molar-refractivity contribution in [1.29, 1.82) is 0 Å². The second-order valence-corrected chi connectivity index (χ2v) is 7.64. The predicted octanol–water partition coefficient (Wildman–Crippen LogP) is 3.96. The van der Waals surface area contributed by atoms with Crippen molar-refractivity contribution in [3.05, 3.63) is 53.6 Å². The fraction of sp³-hybridized carbons (Fsp3) is 0.391. The van der Waals surface area contributed by atoms with E-state index in [2.05, 4.69) is 5.32 Å². The van der Waals surface area contributed by atoms with Gasteiger partial charge in [0.1, 0.15) is 5.75 Å². The molecular weight excluding hydrogens is 352 g/mol. The maximum Gasteiger partial charge on any atom is 0.230 e. The highest BCUT2D eigenvalue weighted by molar-refractivity contribution is 5.99. The molecule has 1 saturated carbocycles. The van der Waals surface area contributed by atoms with Gasteiger partial charge in [-0.3, -0.25) is 9.59 Å². The fourth-order valence-electron chi connectivity index (χ4n) is 4.21. The highest BCUT2D eigenvalue weighted by atomic mass is 16.5. The molecule has 2 aliphatic rings. The maximum atomic E-state index is 12.9. The van der Waals surface area contributed by atoms with E-state index in [0.717, 1.165) is 61.3 Å². The van der Waals surface area contributed by atoms with Crippen LogP contribution in [0.5, 0.6) is 5.75 Å². The lowest BCUT2D eigenvalue weighted by Crippen LogP contribution is -2.33. The quantitative estimate of drug-likeness (QED) is 0.857. The molecular formula is C23H26N2O3. The van der Waals surface area contributed by atoms with Gasteiger partial charge in [0, 0.05) is 23.8 Å². The van der Waals surface area contributed by atoms with Crippen LogP contribution in [0, 0.1) is 5.92 Å². The van der Waals surface area contributed by atoms with Crippen molar-refractivity contribution in [2.75, 3.05) is 23.9 Å². The van der Waals surface area contributed by atoms with E-state index in [1.165, 1.54) is 5.56 Å². The number of nitrogens with zero attached hydrogens (tertiary/aromatic N) is 1. The van der Waals surface area contributed by atoms with Crippen LogP contribution < -0.4 is 15.0 Å². The number of anilines is 2. The van der Waals surface area contributed by atoms with Crippen LogP contribution in [0.1, 0.15) is 36.8 Å². The second-order valence-electron chi connectivity index (χ2n) is 7.64. The number of carbonyl (C=O) groups excluding carboxylic acids is 2. The number of amides is 2. The van der Waals surface area contributed by atoms with Crippen LogP contribution in [0.3, 0.4) is 0 Å². The minimum Gasteiger partial charge on any atom is -0.497 e. The Hall–Kier alpha value is -2.82. The first-order valence-electron chi connectivity index (χ1n) is 10.0. The van der Waals surface area contributed by atoms with Gasteiger partial charge in [-0.2, -0.15) is 0 Å². The standard InChI is InChI=1S/C23H26N2O3/c1-28-20-10-6-16(7-11-20)14-22(26)24-19-9-8-17-12-13-25(21(17)15-19)23(27)18-4-2-3-5-18/h6-11,15,18H,2-5,12-14H2,1H3,(H,24,26). The summed E-state index contributed by atoms with van der Waals surface area (Å²) in [6, 6.07) is 13.4. The molecule has 1 N–H and O–H groups in total. The molecule has 0 bridgehead atoms. The Morgan fingerprint density at radius 1 is 1.11 bits per heavy atom. The van der Waals surface area contributed by atoms with Gasteiger partial charge in [0.2, 0.25) is 11.8 Å². The molecule has 4 rings (SSSR count). The third-order valence-electron chi connectivity index (χ3n) is 5.76. The van der Waals surface area contributed by atoms with Gasteiger partial charge in [0.05, 0.1) is 13.5 Å². The number of rotatable bonds is 5. The predicted molar refractivity (Wildman–Crippen MR) is 110 cm³/mol. The van der Waals surface area contributed by atoms with Gasteiger partial charge in [-0.1, -0.05) is 31.0 Å². The summed E-state index contributed by atoms with van der Waals surface area (Å²) in [4.78, 5) is 27.2. The number of fused-ring (bicyclic) bond motifs is 1. The molecule has 146 valence electrons. The van der Waals surface area contributed by atoms with Crippen molar-refractivity contribution in [2.24, 2.45) is 5.92 Å². The molecule has 1 aliphatic heterocycles. The van der Waals surface area contributed by atoms with Crippen molar-refractivity contribution >= 4 is 23.2 Å². The van der Waals surface area contributed by atoms with E-state index in [0.29, 0.717) is 6.42 Å². The van der Waals surface area contributed by atoms with Gasteiger partial charge >= 0.3 is 0 Å². The van der Waals surface area contributed by atoms with Crippen LogP contribution >= 0.6 is 0 Å². The first-order valence-corrected chi connectivity index (χ1v) is 10.0. The first kappa shape index (κ1) is 18.5. The lowest BCUT2D eigenvalue weighted by molar-refractivity contribution is -0.122. The molecule has 0 spiro atoms. The molecule has 1 fully saturated rings. The summed E-state index contributed by atoms with van der Waals surface area (Å²) in [5.74, 6) is 1.11. The van der Waals surface area contributed by atoms with Gasteiger partial charge in [-0.15, -0.1) is 0 Å². The Morgan fingerprint density at radius 2 is 1.86 bits per heavy atom. The lowest BCUT2D eigenvalue weighted by Gasteiger charge is -2.21. The van der Waals surface area contributed by atoms with Crippen LogP contribution in [0.2, 0.25) is 0 Å². The van der Waals surface area contributed by atoms with Gasteiger partial charge in [0.15, 0.2) is 0 Å². The Morgan fingerprint density at radius 3 is 2.57 bits per heavy atom. The van der Waals surface area contributed by atoms with Crippen LogP contribution in [-0.2, 0) is 22.4 Å². The molecule has 0 radical (unpaired) electrons. The zero-order valence-electron chi connectivity index (χ0n) is 16.2. The minimum atomic E-state index is -0.0724. The zero-order chi connectivity index (χ0) is 19.5. The summed E-state index contributed by atoms with van der Waals surface area (Å²) in [7, 11) is 1.62. The van der Waals surface area contributed by atoms with Gasteiger partial charge < -0.3 is 15.0 Å². The van der Waals surface area contributed by atoms with E-state index >= 15 is 0 Å². The largest absolute Gasteiger partial charge is 0.497 e. The number of hydrogen-bond acceptors (Lipinski definition) is 3. The molecule has 2 aromatic rings. The van der Waals surface area contributed by atoms with E-state index < -0.39 is 0 Å². The Labute approximate surface area is 165 Å². The third-order valence-corrected chi connectivity index (χ3v) is 5.76. The topological polar surface area (TPSA) is 58.6 Å². The molecule has 0 saturated heterocycles. The minimum absolute atomic E-state index is 0.0724. The van der Waals surface area contributed by atoms with Crippen molar-refractivity contribution in [3.63, 3.8) is 0 Å². The van der Waals surface area contributed by atoms with E-state index in [9.17, 15) is 9.59 Å². The molecule has 0 atom stereocenters. The summed E-state index contributed by atoms with van der Waals surface area (Å²) in [6.45, 7) is 0.744. The number of nitrogens with one attached hydrogen (secondary N) is 1. The normalized spacial score (nSPS) is 16.1. The average molecular weight is 378 g/mol. The van der Waals surface area contributed by atoms with Gasteiger partial charge in [-0.05, 0) is 54.7 Å². The first-order chi connectivity index (χ1) is 13.6. The summed E-state index contributed by atoms with van der Waals surface area (Å²) >= 11 is 0. The number of methoxy groups -OCH3 is 1. The Kier molecular flexibility index (Phi) is 5.33. The number of hydrogen-bond donors (Lipinski definition) is 1. The lowest BCUT2D eigenvalue weighted by atomic mass is 10.1. The van der Waals surface area contributed by atoms with Crippen molar-refractivity contribution in [3.8, 4) is 5.75 Å². The second kappa shape index (κ2) is 8.05. The summed E-state index contributed by atoms with van der Waals surface area (Å²) in [5.41, 5.74) is 3.81. The Balaban J connectivity index is 1.43. The molecule has 0 unspecified atom stereocenters. The fourth-order valence-corrected chi connectivity index (χ4v) is 4.21. The molecule has 5 heteroatoms. The van der Waals surface area contributed by atoms with Crippen molar-refractivity contribution < 1.29 is 14.3 Å². The van der Waals surface area contributed by atoms with Crippen LogP contribution in [0.4, 0.5) is 11.4 Å². The maximum absolute atomic E-state index is 12.9. The van der Waals surface area contributed by atoms with Crippen LogP contribution in [-0.4, -0.2) is 25.5 Å². The molecule has 0 aromatic heterocycles. The van der Waals surface area contributed by atoms with E-state index in [-0.39, 0.29) is 17.7 Å². The third kappa shape index (κ3) is 3.88. The smallest absolute Gasteiger partial charge is 0.230 e. The van der Waals surface area contributed by atoms with E-state index in [1.54, 1.807) is 7.11 Å². The highest BCUT2D eigenvalue weighted by Crippen LogP contribution is 2.35. The number of carbonyl (C=O) groups is 2. The summed E-state index contributed by atoms with van der Waals surface area (Å²) in [6.07, 6.45) is 5.49. The van der Waals surface area contributed by atoms with E-state index in [4.69, 9.17) is 4.74 Å². The van der Waals surface area contributed by atoms with Gasteiger partial charge in [-0.25, -0.2) is 0 Å². The summed E-state index contributed by atoms with van der Waals surface area (Å²) in [5, 5.41) is 2.97. The SMILES string of the molecule is COc1ccc(CC(=O)Nc2ccc3c(c2)N(C(=O)C2CCCC2)CC3)cc1. The van der Waals surface area contributed by atoms with Crippen LogP contribution in [0.15, 0.2) is 42.5 Å². The van der Waals surface area contributed by atoms with Crippen molar-refractivity contribution in [2.45, 2.75) is 38.5 Å². The Bertz CT molecular complexity index is 870. The zero-order valence-corrected chi connectivity index (χ0v) is 16.2. The monoisotopic (exact) mass is 378 g/mol. The molecule has 2 aromatic carbocycles. The molecule has 28 heavy (non-hydrogen) atoms. The van der Waals surface area contributed by atoms with Gasteiger partial charge in [0.25, 0.3) is 0 Å². The number of benzene rings is 2. The highest BCUT2D eigenvalue weighted by Gasteiger charge is 2.31.